The number of nitrogens with zero attached hydrogens (tertiary/aromatic N) is 1. The van der Waals surface area contributed by atoms with Crippen LogP contribution in [0.25, 0.3) is 0 Å². The first-order chi connectivity index (χ1) is 9.69. The van der Waals surface area contributed by atoms with Gasteiger partial charge in [0.25, 0.3) is 5.91 Å². The zero-order valence-corrected chi connectivity index (χ0v) is 12.0. The summed E-state index contributed by atoms with van der Waals surface area (Å²) in [4.78, 5) is 26.4. The molecule has 0 saturated heterocycles. The van der Waals surface area contributed by atoms with Crippen molar-refractivity contribution in [2.45, 2.75) is 31.7 Å². The number of rotatable bonds is 6. The van der Waals surface area contributed by atoms with Gasteiger partial charge in [0, 0.05) is 18.5 Å². The van der Waals surface area contributed by atoms with Gasteiger partial charge in [-0.1, -0.05) is 0 Å². The van der Waals surface area contributed by atoms with Crippen LogP contribution in [0, 0.1) is 5.92 Å². The second-order valence-corrected chi connectivity index (χ2v) is 6.46. The van der Waals surface area contributed by atoms with Crippen molar-refractivity contribution in [3.8, 4) is 0 Å². The fourth-order valence-corrected chi connectivity index (χ4v) is 3.04. The van der Waals surface area contributed by atoms with Gasteiger partial charge in [-0.05, 0) is 37.8 Å². The zero-order chi connectivity index (χ0) is 14.1. The number of amides is 2. The third kappa shape index (κ3) is 3.02. The Kier molecular flexibility index (Phi) is 3.76. The molecule has 5 nitrogen and oxygen atoms in total. The van der Waals surface area contributed by atoms with Crippen LogP contribution in [-0.4, -0.2) is 41.0 Å². The smallest absolute Gasteiger partial charge is 0.264 e. The minimum Gasteiger partial charge on any atom is -0.395 e. The molecule has 6 heteroatoms. The fraction of sp³-hybridized carbons (Fsp3) is 0.571. The van der Waals surface area contributed by atoms with Crippen LogP contribution < -0.4 is 5.32 Å². The average molecular weight is 294 g/mol. The minimum atomic E-state index is -0.0431. The van der Waals surface area contributed by atoms with Crippen LogP contribution in [0.3, 0.4) is 0 Å². The molecule has 2 aliphatic carbocycles. The highest BCUT2D eigenvalue weighted by atomic mass is 32.1. The Morgan fingerprint density at radius 2 is 2.05 bits per heavy atom. The molecule has 2 amide bonds. The van der Waals surface area contributed by atoms with Crippen LogP contribution in [0.2, 0.25) is 0 Å². The molecule has 2 N–H and O–H groups in total. The van der Waals surface area contributed by atoms with Gasteiger partial charge < -0.3 is 15.3 Å². The molecule has 20 heavy (non-hydrogen) atoms. The second-order valence-electron chi connectivity index (χ2n) is 5.38. The van der Waals surface area contributed by atoms with Gasteiger partial charge >= 0.3 is 0 Å². The Morgan fingerprint density at radius 3 is 2.65 bits per heavy atom. The summed E-state index contributed by atoms with van der Waals surface area (Å²) in [5.41, 5.74) is 0. The average Bonchev–Trinajstić information content (AvgIpc) is 3.33. The van der Waals surface area contributed by atoms with Gasteiger partial charge in [0.05, 0.1) is 16.5 Å². The Balaban J connectivity index is 1.65. The quantitative estimate of drug-likeness (QED) is 0.839. The van der Waals surface area contributed by atoms with E-state index in [2.05, 4.69) is 5.32 Å². The summed E-state index contributed by atoms with van der Waals surface area (Å²) in [7, 11) is 0. The predicted octanol–water partition coefficient (Wildman–Crippen LogP) is 1.69. The van der Waals surface area contributed by atoms with E-state index in [4.69, 9.17) is 5.11 Å². The molecule has 0 radical (unpaired) electrons. The van der Waals surface area contributed by atoms with E-state index in [0.29, 0.717) is 11.4 Å². The van der Waals surface area contributed by atoms with Crippen LogP contribution in [0.5, 0.6) is 0 Å². The summed E-state index contributed by atoms with van der Waals surface area (Å²) in [5.74, 6) is 0.173. The number of carbonyl (C=O) groups excluding carboxylic acids is 2. The van der Waals surface area contributed by atoms with Crippen molar-refractivity contribution in [1.29, 1.82) is 0 Å². The number of thiophene rings is 1. The normalized spacial score (nSPS) is 17.9. The molecule has 0 aliphatic heterocycles. The van der Waals surface area contributed by atoms with E-state index < -0.39 is 0 Å². The number of hydrogen-bond acceptors (Lipinski definition) is 4. The fourth-order valence-electron chi connectivity index (χ4n) is 2.17. The first-order valence-corrected chi connectivity index (χ1v) is 7.83. The lowest BCUT2D eigenvalue weighted by molar-refractivity contribution is -0.117. The van der Waals surface area contributed by atoms with Gasteiger partial charge in [0.1, 0.15) is 0 Å². The summed E-state index contributed by atoms with van der Waals surface area (Å²) >= 11 is 1.31. The van der Waals surface area contributed by atoms with Crippen molar-refractivity contribution in [2.75, 3.05) is 18.5 Å². The van der Waals surface area contributed by atoms with Crippen molar-refractivity contribution in [3.05, 3.63) is 17.0 Å². The minimum absolute atomic E-state index is 0.0150. The van der Waals surface area contributed by atoms with Crippen LogP contribution >= 0.6 is 11.3 Å². The van der Waals surface area contributed by atoms with E-state index >= 15 is 0 Å². The molecule has 0 unspecified atom stereocenters. The van der Waals surface area contributed by atoms with Crippen molar-refractivity contribution >= 4 is 28.2 Å². The molecule has 2 saturated carbocycles. The molecule has 1 aromatic heterocycles. The van der Waals surface area contributed by atoms with Gasteiger partial charge in [0.15, 0.2) is 0 Å². The van der Waals surface area contributed by atoms with E-state index in [-0.39, 0.29) is 30.4 Å². The van der Waals surface area contributed by atoms with E-state index in [0.717, 1.165) is 30.7 Å². The second kappa shape index (κ2) is 5.54. The van der Waals surface area contributed by atoms with E-state index in [1.54, 1.807) is 17.0 Å². The molecule has 1 aromatic rings. The standard InChI is InChI=1S/C14H18N2O3S/c17-8-7-16(10-3-4-10)14(19)11-5-6-12(20-11)15-13(18)9-1-2-9/h5-6,9-10,17H,1-4,7-8H2,(H,15,18). The number of nitrogens with one attached hydrogen (secondary N) is 1. The van der Waals surface area contributed by atoms with Gasteiger partial charge in [-0.15, -0.1) is 11.3 Å². The monoisotopic (exact) mass is 294 g/mol. The summed E-state index contributed by atoms with van der Waals surface area (Å²) in [6.45, 7) is 0.365. The number of hydrogen-bond donors (Lipinski definition) is 2. The molecule has 108 valence electrons. The molecule has 0 atom stereocenters. The number of aliphatic hydroxyl groups excluding tert-OH is 1. The summed E-state index contributed by atoms with van der Waals surface area (Å²) in [6, 6.07) is 3.81. The largest absolute Gasteiger partial charge is 0.395 e. The van der Waals surface area contributed by atoms with Crippen LogP contribution in [0.4, 0.5) is 5.00 Å². The lowest BCUT2D eigenvalue weighted by Gasteiger charge is -2.20. The van der Waals surface area contributed by atoms with Gasteiger partial charge in [-0.25, -0.2) is 0 Å². The molecule has 3 rings (SSSR count). The Bertz CT molecular complexity index is 520. The van der Waals surface area contributed by atoms with Crippen molar-refractivity contribution < 1.29 is 14.7 Å². The molecule has 0 bridgehead atoms. The number of carbonyl (C=O) groups is 2. The van der Waals surface area contributed by atoms with Crippen molar-refractivity contribution in [2.24, 2.45) is 5.92 Å². The first kappa shape index (κ1) is 13.6. The van der Waals surface area contributed by atoms with E-state index in [1.807, 2.05) is 0 Å². The van der Waals surface area contributed by atoms with Gasteiger partial charge in [-0.3, -0.25) is 9.59 Å². The van der Waals surface area contributed by atoms with Crippen LogP contribution in [-0.2, 0) is 4.79 Å². The zero-order valence-electron chi connectivity index (χ0n) is 11.2. The highest BCUT2D eigenvalue weighted by Crippen LogP contribution is 2.33. The number of anilines is 1. The molecule has 2 fully saturated rings. The molecule has 1 heterocycles. The summed E-state index contributed by atoms with van der Waals surface area (Å²) in [6.07, 6.45) is 3.97. The van der Waals surface area contributed by atoms with E-state index in [1.165, 1.54) is 11.3 Å². The third-order valence-corrected chi connectivity index (χ3v) is 4.59. The van der Waals surface area contributed by atoms with Gasteiger partial charge in [0.2, 0.25) is 5.91 Å². The van der Waals surface area contributed by atoms with Crippen molar-refractivity contribution in [3.63, 3.8) is 0 Å². The highest BCUT2D eigenvalue weighted by molar-refractivity contribution is 7.18. The topological polar surface area (TPSA) is 69.6 Å². The maximum absolute atomic E-state index is 12.4. The lowest BCUT2D eigenvalue weighted by atomic mass is 10.3. The summed E-state index contributed by atoms with van der Waals surface area (Å²) in [5, 5.41) is 12.6. The Hall–Kier alpha value is -1.40. The maximum Gasteiger partial charge on any atom is 0.264 e. The highest BCUT2D eigenvalue weighted by Gasteiger charge is 2.33. The Labute approximate surface area is 121 Å². The van der Waals surface area contributed by atoms with E-state index in [9.17, 15) is 9.59 Å². The third-order valence-electron chi connectivity index (χ3n) is 3.60. The summed E-state index contributed by atoms with van der Waals surface area (Å²) < 4.78 is 0. The number of aliphatic hydroxyl groups is 1. The molecular formula is C14H18N2O3S. The van der Waals surface area contributed by atoms with Gasteiger partial charge in [-0.2, -0.15) is 0 Å². The van der Waals surface area contributed by atoms with Crippen LogP contribution in [0.15, 0.2) is 12.1 Å². The molecular weight excluding hydrogens is 276 g/mol. The molecule has 0 spiro atoms. The lowest BCUT2D eigenvalue weighted by Crippen LogP contribution is -2.35. The molecule has 0 aromatic carbocycles. The Morgan fingerprint density at radius 1 is 1.30 bits per heavy atom. The maximum atomic E-state index is 12.4. The molecule has 2 aliphatic rings. The van der Waals surface area contributed by atoms with Crippen molar-refractivity contribution in [1.82, 2.24) is 4.90 Å². The van der Waals surface area contributed by atoms with Crippen LogP contribution in [0.1, 0.15) is 35.4 Å². The SMILES string of the molecule is O=C(Nc1ccc(C(=O)N(CCO)C2CC2)s1)C1CC1. The predicted molar refractivity (Wildman–Crippen MR) is 76.8 cm³/mol. The first-order valence-electron chi connectivity index (χ1n) is 7.01.